The lowest BCUT2D eigenvalue weighted by atomic mass is 9.88. The van der Waals surface area contributed by atoms with Crippen LogP contribution in [-0.4, -0.2) is 31.9 Å². The summed E-state index contributed by atoms with van der Waals surface area (Å²) in [4.78, 5) is 12.5. The van der Waals surface area contributed by atoms with Gasteiger partial charge in [-0.3, -0.25) is 4.79 Å². The molecule has 7 heteroatoms. The predicted octanol–water partition coefficient (Wildman–Crippen LogP) is 3.26. The van der Waals surface area contributed by atoms with E-state index in [1.807, 2.05) is 37.3 Å². The van der Waals surface area contributed by atoms with Gasteiger partial charge >= 0.3 is 0 Å². The third kappa shape index (κ3) is 3.88. The molecule has 27 heavy (non-hydrogen) atoms. The lowest BCUT2D eigenvalue weighted by Gasteiger charge is -2.26. The van der Waals surface area contributed by atoms with Crippen LogP contribution in [0, 0.1) is 6.92 Å². The van der Waals surface area contributed by atoms with E-state index in [9.17, 15) is 4.79 Å². The summed E-state index contributed by atoms with van der Waals surface area (Å²) in [5.41, 5.74) is 4.58. The Morgan fingerprint density at radius 2 is 2.04 bits per heavy atom. The Bertz CT molecular complexity index is 955. The lowest BCUT2D eigenvalue weighted by molar-refractivity contribution is -0.119. The fourth-order valence-electron chi connectivity index (χ4n) is 3.49. The molecule has 1 aliphatic rings. The molecule has 0 radical (unpaired) electrons. The zero-order valence-corrected chi connectivity index (χ0v) is 15.9. The first-order chi connectivity index (χ1) is 13.2. The molecule has 1 aromatic heterocycles. The molecule has 1 N–H and O–H groups in total. The second-order valence-corrected chi connectivity index (χ2v) is 7.60. The molecular weight excluding hydrogens is 358 g/mol. The number of aryl methyl sites for hydroxylation is 2. The number of carbonyl (C=O) groups is 1. The molecule has 0 aliphatic heterocycles. The van der Waals surface area contributed by atoms with Gasteiger partial charge in [0.2, 0.25) is 11.1 Å². The van der Waals surface area contributed by atoms with Crippen LogP contribution >= 0.6 is 11.8 Å². The number of aromatic nitrogens is 4. The van der Waals surface area contributed by atoms with Crippen LogP contribution in [0.1, 0.15) is 35.6 Å². The molecule has 6 nitrogen and oxygen atoms in total. The van der Waals surface area contributed by atoms with Crippen molar-refractivity contribution in [2.24, 2.45) is 0 Å². The van der Waals surface area contributed by atoms with Crippen LogP contribution in [-0.2, 0) is 11.2 Å². The summed E-state index contributed by atoms with van der Waals surface area (Å²) in [6.07, 6.45) is 3.16. The summed E-state index contributed by atoms with van der Waals surface area (Å²) in [6.45, 7) is 2.01. The van der Waals surface area contributed by atoms with Gasteiger partial charge in [-0.15, -0.1) is 5.10 Å². The standard InChI is InChI=1S/C20H21N5OS/c1-14-7-2-5-12-18(14)25-20(22-23-24-25)27-13-19(26)21-17-11-6-9-15-8-3-4-10-16(15)17/h2-5,7-8,10,12,17H,6,9,11,13H2,1H3,(H,21,26). The first kappa shape index (κ1) is 17.7. The van der Waals surface area contributed by atoms with E-state index in [1.165, 1.54) is 22.9 Å². The molecule has 1 unspecified atom stereocenters. The third-order valence-electron chi connectivity index (χ3n) is 4.82. The normalized spacial score (nSPS) is 16.0. The largest absolute Gasteiger partial charge is 0.349 e. The molecule has 2 aromatic carbocycles. The number of hydrogen-bond acceptors (Lipinski definition) is 5. The maximum absolute atomic E-state index is 12.5. The Hall–Kier alpha value is -2.67. The zero-order valence-electron chi connectivity index (χ0n) is 15.1. The summed E-state index contributed by atoms with van der Waals surface area (Å²) in [5.74, 6) is 0.284. The predicted molar refractivity (Wildman–Crippen MR) is 105 cm³/mol. The van der Waals surface area contributed by atoms with Gasteiger partial charge in [0.05, 0.1) is 17.5 Å². The smallest absolute Gasteiger partial charge is 0.230 e. The van der Waals surface area contributed by atoms with Crippen molar-refractivity contribution >= 4 is 17.7 Å². The monoisotopic (exact) mass is 379 g/mol. The van der Waals surface area contributed by atoms with E-state index in [-0.39, 0.29) is 17.7 Å². The quantitative estimate of drug-likeness (QED) is 0.689. The van der Waals surface area contributed by atoms with Gasteiger partial charge in [-0.1, -0.05) is 54.2 Å². The highest BCUT2D eigenvalue weighted by molar-refractivity contribution is 7.99. The first-order valence-corrected chi connectivity index (χ1v) is 10.1. The van der Waals surface area contributed by atoms with Gasteiger partial charge in [0.1, 0.15) is 0 Å². The Balaban J connectivity index is 1.42. The van der Waals surface area contributed by atoms with Gasteiger partial charge in [0, 0.05) is 0 Å². The van der Waals surface area contributed by atoms with Crippen molar-refractivity contribution in [1.82, 2.24) is 25.5 Å². The molecule has 1 heterocycles. The van der Waals surface area contributed by atoms with E-state index in [2.05, 4.69) is 39.0 Å². The molecule has 0 fully saturated rings. The molecule has 1 aliphatic carbocycles. The van der Waals surface area contributed by atoms with Gasteiger partial charge in [-0.2, -0.15) is 4.68 Å². The number of nitrogens with zero attached hydrogens (tertiary/aromatic N) is 4. The van der Waals surface area contributed by atoms with E-state index in [1.54, 1.807) is 4.68 Å². The molecule has 138 valence electrons. The van der Waals surface area contributed by atoms with Crippen LogP contribution in [0.3, 0.4) is 0 Å². The van der Waals surface area contributed by atoms with Crippen molar-refractivity contribution in [3.8, 4) is 5.69 Å². The first-order valence-electron chi connectivity index (χ1n) is 9.07. The molecule has 1 amide bonds. The van der Waals surface area contributed by atoms with E-state index >= 15 is 0 Å². The molecule has 4 rings (SSSR count). The van der Waals surface area contributed by atoms with Crippen LogP contribution in [0.15, 0.2) is 53.7 Å². The summed E-state index contributed by atoms with van der Waals surface area (Å²) >= 11 is 1.35. The number of rotatable bonds is 5. The maximum atomic E-state index is 12.5. The SMILES string of the molecule is Cc1ccccc1-n1nnnc1SCC(=O)NC1CCCc2ccccc21. The van der Waals surface area contributed by atoms with Crippen molar-refractivity contribution < 1.29 is 4.79 Å². The van der Waals surface area contributed by atoms with Crippen LogP contribution in [0.4, 0.5) is 0 Å². The molecule has 0 bridgehead atoms. The number of benzene rings is 2. The minimum Gasteiger partial charge on any atom is -0.349 e. The van der Waals surface area contributed by atoms with Crippen LogP contribution in [0.5, 0.6) is 0 Å². The minimum atomic E-state index is 0.000960. The fraction of sp³-hybridized carbons (Fsp3) is 0.300. The fourth-order valence-corrected chi connectivity index (χ4v) is 4.19. The maximum Gasteiger partial charge on any atom is 0.230 e. The average Bonchev–Trinajstić information content (AvgIpc) is 3.15. The Morgan fingerprint density at radius 3 is 2.93 bits per heavy atom. The minimum absolute atomic E-state index is 0.000960. The molecule has 0 saturated heterocycles. The highest BCUT2D eigenvalue weighted by Gasteiger charge is 2.22. The van der Waals surface area contributed by atoms with Crippen molar-refractivity contribution in [1.29, 1.82) is 0 Å². The zero-order chi connectivity index (χ0) is 18.6. The van der Waals surface area contributed by atoms with Gasteiger partial charge in [0.25, 0.3) is 0 Å². The van der Waals surface area contributed by atoms with Gasteiger partial charge in [0.15, 0.2) is 0 Å². The molecule has 1 atom stereocenters. The Kier molecular flexibility index (Phi) is 5.20. The van der Waals surface area contributed by atoms with Crippen LogP contribution < -0.4 is 5.32 Å². The molecule has 0 spiro atoms. The topological polar surface area (TPSA) is 72.7 Å². The summed E-state index contributed by atoms with van der Waals surface area (Å²) in [6, 6.07) is 16.4. The van der Waals surface area contributed by atoms with Gasteiger partial charge in [-0.05, 0) is 59.4 Å². The van der Waals surface area contributed by atoms with Crippen molar-refractivity contribution in [3.05, 3.63) is 65.2 Å². The Labute approximate surface area is 162 Å². The number of hydrogen-bond donors (Lipinski definition) is 1. The number of tetrazole rings is 1. The van der Waals surface area contributed by atoms with Crippen molar-refractivity contribution in [2.75, 3.05) is 5.75 Å². The van der Waals surface area contributed by atoms with E-state index < -0.39 is 0 Å². The molecule has 0 saturated carbocycles. The van der Waals surface area contributed by atoms with Gasteiger partial charge in [-0.25, -0.2) is 0 Å². The lowest BCUT2D eigenvalue weighted by Crippen LogP contribution is -2.32. The van der Waals surface area contributed by atoms with Crippen molar-refractivity contribution in [3.63, 3.8) is 0 Å². The third-order valence-corrected chi connectivity index (χ3v) is 5.74. The number of fused-ring (bicyclic) bond motifs is 1. The average molecular weight is 379 g/mol. The van der Waals surface area contributed by atoms with Gasteiger partial charge < -0.3 is 5.32 Å². The highest BCUT2D eigenvalue weighted by atomic mass is 32.2. The summed E-state index contributed by atoms with van der Waals surface area (Å²) in [7, 11) is 0. The highest BCUT2D eigenvalue weighted by Crippen LogP contribution is 2.29. The van der Waals surface area contributed by atoms with E-state index in [4.69, 9.17) is 0 Å². The van der Waals surface area contributed by atoms with Crippen molar-refractivity contribution in [2.45, 2.75) is 37.4 Å². The number of thioether (sulfide) groups is 1. The number of carbonyl (C=O) groups excluding carboxylic acids is 1. The second kappa shape index (κ2) is 7.92. The molecule has 3 aromatic rings. The Morgan fingerprint density at radius 1 is 1.22 bits per heavy atom. The van der Waals surface area contributed by atoms with E-state index in [0.717, 1.165) is 30.5 Å². The van der Waals surface area contributed by atoms with E-state index in [0.29, 0.717) is 5.16 Å². The number of para-hydroxylation sites is 1. The number of amides is 1. The van der Waals surface area contributed by atoms with Crippen LogP contribution in [0.2, 0.25) is 0 Å². The summed E-state index contributed by atoms with van der Waals surface area (Å²) in [5, 5.41) is 15.7. The molecular formula is C20H21N5OS. The number of nitrogens with one attached hydrogen (secondary N) is 1. The summed E-state index contributed by atoms with van der Waals surface area (Å²) < 4.78 is 1.68. The van der Waals surface area contributed by atoms with Crippen LogP contribution in [0.25, 0.3) is 5.69 Å². The second-order valence-electron chi connectivity index (χ2n) is 6.66.